The van der Waals surface area contributed by atoms with E-state index in [1.807, 2.05) is 6.07 Å². The minimum Gasteiger partial charge on any atom is -0.316 e. The first-order chi connectivity index (χ1) is 7.84. The zero-order valence-electron chi connectivity index (χ0n) is 9.88. The highest BCUT2D eigenvalue weighted by atomic mass is 79.9. The summed E-state index contributed by atoms with van der Waals surface area (Å²) in [6.07, 6.45) is 7.83. The molecule has 0 aromatic heterocycles. The average Bonchev–Trinajstić information content (AvgIpc) is 2.30. The Morgan fingerprint density at radius 2 is 2.00 bits per heavy atom. The summed E-state index contributed by atoms with van der Waals surface area (Å²) in [5, 5.41) is 3.38. The van der Waals surface area contributed by atoms with E-state index in [9.17, 15) is 0 Å². The molecule has 16 heavy (non-hydrogen) atoms. The highest BCUT2D eigenvalue weighted by Gasteiger charge is 1.94. The van der Waals surface area contributed by atoms with Gasteiger partial charge in [-0.3, -0.25) is 0 Å². The van der Waals surface area contributed by atoms with Gasteiger partial charge in [0.15, 0.2) is 0 Å². The van der Waals surface area contributed by atoms with E-state index in [-0.39, 0.29) is 0 Å². The summed E-state index contributed by atoms with van der Waals surface area (Å²) in [5.41, 5.74) is 1.35. The van der Waals surface area contributed by atoms with Crippen LogP contribution in [0.1, 0.15) is 25.3 Å². The first-order valence-electron chi connectivity index (χ1n) is 5.93. The molecular formula is C14H20BrN. The molecule has 1 nitrogen and oxygen atoms in total. The predicted octanol–water partition coefficient (Wildman–Crippen LogP) is 3.94. The lowest BCUT2D eigenvalue weighted by atomic mass is 10.1. The van der Waals surface area contributed by atoms with Gasteiger partial charge in [0.1, 0.15) is 0 Å². The van der Waals surface area contributed by atoms with Gasteiger partial charge in [0.05, 0.1) is 0 Å². The predicted molar refractivity (Wildman–Crippen MR) is 74.8 cm³/mol. The van der Waals surface area contributed by atoms with Crippen molar-refractivity contribution in [1.82, 2.24) is 5.32 Å². The fourth-order valence-corrected chi connectivity index (χ4v) is 1.93. The van der Waals surface area contributed by atoms with Gasteiger partial charge in [-0.15, -0.1) is 0 Å². The van der Waals surface area contributed by atoms with Crippen LogP contribution in [-0.2, 0) is 6.42 Å². The van der Waals surface area contributed by atoms with Crippen molar-refractivity contribution >= 4 is 15.9 Å². The average molecular weight is 282 g/mol. The molecule has 88 valence electrons. The molecule has 0 radical (unpaired) electrons. The maximum absolute atomic E-state index is 3.55. The van der Waals surface area contributed by atoms with E-state index in [0.717, 1.165) is 25.9 Å². The Hall–Kier alpha value is -0.600. The number of allylic oxidation sites excluding steroid dienone is 1. The van der Waals surface area contributed by atoms with Crippen molar-refractivity contribution < 1.29 is 0 Å². The SMILES string of the molecule is CCCNCCC=CCc1ccccc1Br. The number of nitrogens with one attached hydrogen (secondary N) is 1. The molecule has 1 aromatic carbocycles. The van der Waals surface area contributed by atoms with Gasteiger partial charge in [0.25, 0.3) is 0 Å². The Morgan fingerprint density at radius 3 is 2.75 bits per heavy atom. The molecule has 0 atom stereocenters. The second-order valence-corrected chi connectivity index (χ2v) is 4.66. The highest BCUT2D eigenvalue weighted by Crippen LogP contribution is 2.16. The molecule has 0 amide bonds. The number of hydrogen-bond acceptors (Lipinski definition) is 1. The second kappa shape index (κ2) is 8.54. The molecule has 0 heterocycles. The summed E-state index contributed by atoms with van der Waals surface area (Å²) in [7, 11) is 0. The van der Waals surface area contributed by atoms with E-state index in [0.29, 0.717) is 0 Å². The van der Waals surface area contributed by atoms with Gasteiger partial charge in [-0.25, -0.2) is 0 Å². The molecule has 0 saturated heterocycles. The van der Waals surface area contributed by atoms with Gasteiger partial charge in [0, 0.05) is 4.47 Å². The highest BCUT2D eigenvalue weighted by molar-refractivity contribution is 9.10. The number of rotatable bonds is 7. The summed E-state index contributed by atoms with van der Waals surface area (Å²) < 4.78 is 1.20. The van der Waals surface area contributed by atoms with Crippen LogP contribution in [0.3, 0.4) is 0 Å². The first kappa shape index (κ1) is 13.5. The van der Waals surface area contributed by atoms with E-state index in [4.69, 9.17) is 0 Å². The molecule has 1 N–H and O–H groups in total. The van der Waals surface area contributed by atoms with Crippen molar-refractivity contribution in [3.8, 4) is 0 Å². The standard InChI is InChI=1S/C14H20BrN/c1-2-11-16-12-7-3-4-8-13-9-5-6-10-14(13)15/h3-6,9-10,16H,2,7-8,11-12H2,1H3. The molecule has 0 aliphatic heterocycles. The molecule has 1 rings (SSSR count). The van der Waals surface area contributed by atoms with Crippen LogP contribution in [0.4, 0.5) is 0 Å². The summed E-state index contributed by atoms with van der Waals surface area (Å²) >= 11 is 3.55. The molecule has 0 spiro atoms. The minimum atomic E-state index is 1.01. The zero-order valence-corrected chi connectivity index (χ0v) is 11.5. The molecule has 0 saturated carbocycles. The van der Waals surface area contributed by atoms with Crippen LogP contribution in [0.5, 0.6) is 0 Å². The maximum Gasteiger partial charge on any atom is 0.0210 e. The Labute approximate surface area is 107 Å². The van der Waals surface area contributed by atoms with Gasteiger partial charge in [-0.1, -0.05) is 53.2 Å². The third-order valence-corrected chi connectivity index (χ3v) is 3.15. The van der Waals surface area contributed by atoms with Gasteiger partial charge in [-0.2, -0.15) is 0 Å². The van der Waals surface area contributed by atoms with Gasteiger partial charge in [-0.05, 0) is 44.0 Å². The van der Waals surface area contributed by atoms with Gasteiger partial charge < -0.3 is 5.32 Å². The van der Waals surface area contributed by atoms with E-state index in [1.165, 1.54) is 16.5 Å². The lowest BCUT2D eigenvalue weighted by Crippen LogP contribution is -2.14. The molecule has 0 aliphatic carbocycles. The van der Waals surface area contributed by atoms with Crippen LogP contribution in [0.15, 0.2) is 40.9 Å². The van der Waals surface area contributed by atoms with Crippen LogP contribution in [0, 0.1) is 0 Å². The first-order valence-corrected chi connectivity index (χ1v) is 6.73. The minimum absolute atomic E-state index is 1.01. The van der Waals surface area contributed by atoms with E-state index >= 15 is 0 Å². The zero-order chi connectivity index (χ0) is 11.6. The lowest BCUT2D eigenvalue weighted by Gasteiger charge is -2.00. The number of hydrogen-bond donors (Lipinski definition) is 1. The van der Waals surface area contributed by atoms with Crippen LogP contribution < -0.4 is 5.32 Å². The largest absolute Gasteiger partial charge is 0.316 e. The Kier molecular flexibility index (Phi) is 7.19. The van der Waals surface area contributed by atoms with Gasteiger partial charge in [0.2, 0.25) is 0 Å². The summed E-state index contributed by atoms with van der Waals surface area (Å²) in [6.45, 7) is 4.40. The molecule has 0 unspecified atom stereocenters. The Bertz CT molecular complexity index is 320. The van der Waals surface area contributed by atoms with Crippen LogP contribution >= 0.6 is 15.9 Å². The van der Waals surface area contributed by atoms with Crippen LogP contribution in [-0.4, -0.2) is 13.1 Å². The quantitative estimate of drug-likeness (QED) is 0.590. The Morgan fingerprint density at radius 1 is 1.19 bits per heavy atom. The molecule has 2 heteroatoms. The van der Waals surface area contributed by atoms with Crippen molar-refractivity contribution in [2.24, 2.45) is 0 Å². The van der Waals surface area contributed by atoms with Crippen molar-refractivity contribution in [3.63, 3.8) is 0 Å². The number of halogens is 1. The lowest BCUT2D eigenvalue weighted by molar-refractivity contribution is 0.678. The Balaban J connectivity index is 2.19. The van der Waals surface area contributed by atoms with Crippen LogP contribution in [0.2, 0.25) is 0 Å². The van der Waals surface area contributed by atoms with Crippen molar-refractivity contribution in [2.45, 2.75) is 26.2 Å². The van der Waals surface area contributed by atoms with Gasteiger partial charge >= 0.3 is 0 Å². The van der Waals surface area contributed by atoms with Crippen molar-refractivity contribution in [1.29, 1.82) is 0 Å². The van der Waals surface area contributed by atoms with E-state index in [1.54, 1.807) is 0 Å². The molecule has 0 aliphatic rings. The monoisotopic (exact) mass is 281 g/mol. The van der Waals surface area contributed by atoms with E-state index in [2.05, 4.69) is 58.5 Å². The third kappa shape index (κ3) is 5.47. The smallest absolute Gasteiger partial charge is 0.0210 e. The third-order valence-electron chi connectivity index (χ3n) is 2.38. The summed E-state index contributed by atoms with van der Waals surface area (Å²) in [6, 6.07) is 8.37. The molecule has 0 bridgehead atoms. The summed E-state index contributed by atoms with van der Waals surface area (Å²) in [4.78, 5) is 0. The fourth-order valence-electron chi connectivity index (χ4n) is 1.48. The molecular weight excluding hydrogens is 262 g/mol. The molecule has 0 fully saturated rings. The fraction of sp³-hybridized carbons (Fsp3) is 0.429. The van der Waals surface area contributed by atoms with Crippen molar-refractivity contribution in [2.75, 3.05) is 13.1 Å². The topological polar surface area (TPSA) is 12.0 Å². The maximum atomic E-state index is 3.55. The van der Waals surface area contributed by atoms with E-state index < -0.39 is 0 Å². The summed E-state index contributed by atoms with van der Waals surface area (Å²) in [5.74, 6) is 0. The molecule has 1 aromatic rings. The van der Waals surface area contributed by atoms with Crippen molar-refractivity contribution in [3.05, 3.63) is 46.5 Å². The normalized spacial score (nSPS) is 11.1. The number of benzene rings is 1. The van der Waals surface area contributed by atoms with Crippen LogP contribution in [0.25, 0.3) is 0 Å². The second-order valence-electron chi connectivity index (χ2n) is 3.81.